The third-order valence-electron chi connectivity index (χ3n) is 4.33. The van der Waals surface area contributed by atoms with Gasteiger partial charge in [-0.2, -0.15) is 0 Å². The lowest BCUT2D eigenvalue weighted by Crippen LogP contribution is -2.32. The highest BCUT2D eigenvalue weighted by molar-refractivity contribution is 7.98. The van der Waals surface area contributed by atoms with Gasteiger partial charge in [0.25, 0.3) is 5.91 Å². The third-order valence-corrected chi connectivity index (χ3v) is 5.42. The monoisotopic (exact) mass is 391 g/mol. The molecule has 0 unspecified atom stereocenters. The maximum atomic E-state index is 12.6. The van der Waals surface area contributed by atoms with Crippen LogP contribution in [0, 0.1) is 6.92 Å². The van der Waals surface area contributed by atoms with Crippen LogP contribution in [0.1, 0.15) is 24.5 Å². The number of amides is 1. The van der Waals surface area contributed by atoms with Gasteiger partial charge in [-0.05, 0) is 55.3 Å². The Morgan fingerprint density at radius 1 is 0.964 bits per heavy atom. The van der Waals surface area contributed by atoms with Crippen LogP contribution < -0.4 is 10.1 Å². The third kappa shape index (κ3) is 5.89. The van der Waals surface area contributed by atoms with E-state index in [0.29, 0.717) is 12.2 Å². The lowest BCUT2D eigenvalue weighted by molar-refractivity contribution is -0.122. The van der Waals surface area contributed by atoms with E-state index in [1.165, 1.54) is 10.5 Å². The number of thioether (sulfide) groups is 1. The van der Waals surface area contributed by atoms with Crippen LogP contribution in [0.5, 0.6) is 5.75 Å². The van der Waals surface area contributed by atoms with Gasteiger partial charge >= 0.3 is 0 Å². The van der Waals surface area contributed by atoms with Crippen molar-refractivity contribution >= 4 is 23.4 Å². The molecular weight excluding hydrogens is 366 g/mol. The summed E-state index contributed by atoms with van der Waals surface area (Å²) in [6, 6.07) is 26.1. The smallest absolute Gasteiger partial charge is 0.265 e. The molecule has 0 radical (unpaired) electrons. The van der Waals surface area contributed by atoms with E-state index in [4.69, 9.17) is 4.74 Å². The first kappa shape index (κ1) is 20.0. The molecular formula is C24H25NO2S. The molecule has 0 spiro atoms. The van der Waals surface area contributed by atoms with Crippen molar-refractivity contribution in [2.45, 2.75) is 37.0 Å². The second-order valence-electron chi connectivity index (χ2n) is 6.62. The Balaban J connectivity index is 1.54. The molecule has 1 atom stereocenters. The Morgan fingerprint density at radius 2 is 1.64 bits per heavy atom. The van der Waals surface area contributed by atoms with Gasteiger partial charge in [0.2, 0.25) is 0 Å². The lowest BCUT2D eigenvalue weighted by atomic mass is 10.2. The average Bonchev–Trinajstić information content (AvgIpc) is 2.73. The molecule has 1 N–H and O–H groups in total. The predicted octanol–water partition coefficient (Wildman–Crippen LogP) is 6.08. The molecule has 3 nitrogen and oxygen atoms in total. The highest BCUT2D eigenvalue weighted by Crippen LogP contribution is 2.23. The van der Waals surface area contributed by atoms with Crippen molar-refractivity contribution in [3.8, 4) is 5.75 Å². The number of hydrogen-bond acceptors (Lipinski definition) is 3. The van der Waals surface area contributed by atoms with Crippen LogP contribution in [0.2, 0.25) is 0 Å². The van der Waals surface area contributed by atoms with Crippen molar-refractivity contribution in [3.63, 3.8) is 0 Å². The van der Waals surface area contributed by atoms with E-state index in [2.05, 4.69) is 17.4 Å². The van der Waals surface area contributed by atoms with Crippen LogP contribution in [0.4, 0.5) is 5.69 Å². The number of rotatable bonds is 8. The molecule has 144 valence electrons. The standard InChI is InChI=1S/C24H25NO2S/c1-3-23(27-21-15-9-18(2)10-16-21)24(26)25-20-13-11-19(12-14-20)17-28-22-7-5-4-6-8-22/h4-16,23H,3,17H2,1-2H3,(H,25,26)/t23-/m1/s1. The first-order valence-electron chi connectivity index (χ1n) is 9.45. The molecule has 4 heteroatoms. The molecule has 3 rings (SSSR count). The number of ether oxygens (including phenoxy) is 1. The molecule has 28 heavy (non-hydrogen) atoms. The number of carbonyl (C=O) groups is 1. The van der Waals surface area contributed by atoms with Gasteiger partial charge in [-0.15, -0.1) is 11.8 Å². The average molecular weight is 392 g/mol. The zero-order valence-electron chi connectivity index (χ0n) is 16.2. The van der Waals surface area contributed by atoms with Crippen molar-refractivity contribution in [2.75, 3.05) is 5.32 Å². The molecule has 0 heterocycles. The number of aryl methyl sites for hydroxylation is 1. The van der Waals surface area contributed by atoms with Gasteiger partial charge in [0.15, 0.2) is 6.10 Å². The normalized spacial score (nSPS) is 11.6. The summed E-state index contributed by atoms with van der Waals surface area (Å²) in [6.45, 7) is 3.97. The second kappa shape index (κ2) is 10.00. The second-order valence-corrected chi connectivity index (χ2v) is 7.66. The summed E-state index contributed by atoms with van der Waals surface area (Å²) in [5, 5.41) is 2.95. The number of carbonyl (C=O) groups excluding carboxylic acids is 1. The summed E-state index contributed by atoms with van der Waals surface area (Å²) in [4.78, 5) is 13.8. The molecule has 0 aliphatic rings. The van der Waals surface area contributed by atoms with Gasteiger partial charge in [-0.3, -0.25) is 4.79 Å². The minimum absolute atomic E-state index is 0.130. The topological polar surface area (TPSA) is 38.3 Å². The fourth-order valence-corrected chi connectivity index (χ4v) is 3.57. The summed E-state index contributed by atoms with van der Waals surface area (Å²) in [6.07, 6.45) is 0.0851. The van der Waals surface area contributed by atoms with Gasteiger partial charge in [-0.25, -0.2) is 0 Å². The molecule has 1 amide bonds. The number of hydrogen-bond donors (Lipinski definition) is 1. The van der Waals surface area contributed by atoms with E-state index in [1.807, 2.05) is 80.6 Å². The van der Waals surface area contributed by atoms with Crippen molar-refractivity contribution in [1.82, 2.24) is 0 Å². The summed E-state index contributed by atoms with van der Waals surface area (Å²) < 4.78 is 5.85. The van der Waals surface area contributed by atoms with Crippen molar-refractivity contribution < 1.29 is 9.53 Å². The van der Waals surface area contributed by atoms with Crippen LogP contribution in [0.15, 0.2) is 83.8 Å². The Morgan fingerprint density at radius 3 is 2.29 bits per heavy atom. The van der Waals surface area contributed by atoms with Crippen LogP contribution in [0.3, 0.4) is 0 Å². The molecule has 0 fully saturated rings. The molecule has 0 aliphatic heterocycles. The van der Waals surface area contributed by atoms with Gasteiger partial charge < -0.3 is 10.1 Å². The van der Waals surface area contributed by atoms with E-state index in [9.17, 15) is 4.79 Å². The molecule has 3 aromatic rings. The minimum atomic E-state index is -0.518. The zero-order chi connectivity index (χ0) is 19.8. The predicted molar refractivity (Wildman–Crippen MR) is 117 cm³/mol. The lowest BCUT2D eigenvalue weighted by Gasteiger charge is -2.17. The van der Waals surface area contributed by atoms with Gasteiger partial charge in [-0.1, -0.05) is 55.0 Å². The van der Waals surface area contributed by atoms with E-state index in [1.54, 1.807) is 11.8 Å². The summed E-state index contributed by atoms with van der Waals surface area (Å²) in [5.74, 6) is 1.47. The summed E-state index contributed by atoms with van der Waals surface area (Å²) in [5.41, 5.74) is 3.16. The molecule has 0 saturated carbocycles. The molecule has 0 bridgehead atoms. The van der Waals surface area contributed by atoms with Gasteiger partial charge in [0.05, 0.1) is 0 Å². The Labute approximate surface area is 171 Å². The minimum Gasteiger partial charge on any atom is -0.481 e. The fraction of sp³-hybridized carbons (Fsp3) is 0.208. The van der Waals surface area contributed by atoms with Gasteiger partial charge in [0, 0.05) is 16.3 Å². The zero-order valence-corrected chi connectivity index (χ0v) is 17.0. The number of nitrogens with one attached hydrogen (secondary N) is 1. The van der Waals surface area contributed by atoms with E-state index < -0.39 is 6.10 Å². The number of benzene rings is 3. The Hall–Kier alpha value is -2.72. The van der Waals surface area contributed by atoms with Gasteiger partial charge in [0.1, 0.15) is 5.75 Å². The highest BCUT2D eigenvalue weighted by atomic mass is 32.2. The SMILES string of the molecule is CC[C@@H](Oc1ccc(C)cc1)C(=O)Nc1ccc(CSc2ccccc2)cc1. The summed E-state index contributed by atoms with van der Waals surface area (Å²) >= 11 is 1.80. The van der Waals surface area contributed by atoms with Crippen LogP contribution in [0.25, 0.3) is 0 Å². The van der Waals surface area contributed by atoms with E-state index >= 15 is 0 Å². The van der Waals surface area contributed by atoms with Crippen LogP contribution in [-0.2, 0) is 10.5 Å². The maximum absolute atomic E-state index is 12.6. The summed E-state index contributed by atoms with van der Waals surface area (Å²) in [7, 11) is 0. The first-order chi connectivity index (χ1) is 13.6. The van der Waals surface area contributed by atoms with Crippen molar-refractivity contribution in [1.29, 1.82) is 0 Å². The van der Waals surface area contributed by atoms with Crippen LogP contribution >= 0.6 is 11.8 Å². The Bertz CT molecular complexity index is 877. The Kier molecular flexibility index (Phi) is 7.15. The number of anilines is 1. The highest BCUT2D eigenvalue weighted by Gasteiger charge is 2.18. The molecule has 0 aliphatic carbocycles. The maximum Gasteiger partial charge on any atom is 0.265 e. The molecule has 0 aromatic heterocycles. The quantitative estimate of drug-likeness (QED) is 0.473. The fourth-order valence-electron chi connectivity index (χ4n) is 2.69. The van der Waals surface area contributed by atoms with E-state index in [0.717, 1.165) is 17.0 Å². The van der Waals surface area contributed by atoms with Crippen molar-refractivity contribution in [2.24, 2.45) is 0 Å². The molecule has 3 aromatic carbocycles. The first-order valence-corrected chi connectivity index (χ1v) is 10.4. The van der Waals surface area contributed by atoms with Crippen molar-refractivity contribution in [3.05, 3.63) is 90.0 Å². The molecule has 0 saturated heterocycles. The largest absolute Gasteiger partial charge is 0.481 e. The van der Waals surface area contributed by atoms with E-state index in [-0.39, 0.29) is 5.91 Å². The van der Waals surface area contributed by atoms with Crippen LogP contribution in [-0.4, -0.2) is 12.0 Å².